The van der Waals surface area contributed by atoms with E-state index in [1.165, 1.54) is 38.7 Å². The Kier molecular flexibility index (Phi) is 5.81. The number of benzene rings is 2. The average molecular weight is 423 g/mol. The van der Waals surface area contributed by atoms with Crippen LogP contribution in [0.4, 0.5) is 18.9 Å². The van der Waals surface area contributed by atoms with Gasteiger partial charge in [0.1, 0.15) is 12.3 Å². The Balaban J connectivity index is 1.76. The van der Waals surface area contributed by atoms with Crippen molar-refractivity contribution in [2.24, 2.45) is 0 Å². The van der Waals surface area contributed by atoms with Gasteiger partial charge in [-0.3, -0.25) is 14.2 Å². The van der Waals surface area contributed by atoms with Gasteiger partial charge >= 0.3 is 6.36 Å². The van der Waals surface area contributed by atoms with Crippen LogP contribution in [0.3, 0.4) is 0 Å². The number of nitrogens with zero attached hydrogens (tertiary/aromatic N) is 2. The second-order valence-electron chi connectivity index (χ2n) is 6.02. The van der Waals surface area contributed by atoms with E-state index < -0.39 is 23.6 Å². The molecule has 0 bridgehead atoms. The SMILES string of the molecule is COc1cc2ncn(CC(=O)Nc3ccc(OC(F)(F)F)cc3)c(=O)c2cc1OC. The number of alkyl halides is 3. The summed E-state index contributed by atoms with van der Waals surface area (Å²) in [5, 5.41) is 2.72. The first-order chi connectivity index (χ1) is 14.2. The van der Waals surface area contributed by atoms with E-state index in [0.717, 1.165) is 16.7 Å². The summed E-state index contributed by atoms with van der Waals surface area (Å²) in [6.45, 7) is -0.350. The molecule has 0 saturated heterocycles. The summed E-state index contributed by atoms with van der Waals surface area (Å²) in [4.78, 5) is 29.1. The lowest BCUT2D eigenvalue weighted by atomic mass is 10.2. The minimum absolute atomic E-state index is 0.233. The molecule has 0 fully saturated rings. The zero-order chi connectivity index (χ0) is 21.9. The Bertz CT molecular complexity index is 1130. The van der Waals surface area contributed by atoms with Crippen molar-refractivity contribution >= 4 is 22.5 Å². The molecule has 1 amide bonds. The van der Waals surface area contributed by atoms with E-state index in [9.17, 15) is 22.8 Å². The van der Waals surface area contributed by atoms with Crippen LogP contribution in [0.1, 0.15) is 0 Å². The zero-order valence-electron chi connectivity index (χ0n) is 15.8. The molecule has 0 aliphatic carbocycles. The number of hydrogen-bond acceptors (Lipinski definition) is 6. The summed E-state index contributed by atoms with van der Waals surface area (Å²) in [5.41, 5.74) is 0.141. The Labute approximate surface area is 167 Å². The molecule has 1 aromatic heterocycles. The number of methoxy groups -OCH3 is 2. The third-order valence-electron chi connectivity index (χ3n) is 4.01. The van der Waals surface area contributed by atoms with E-state index >= 15 is 0 Å². The second-order valence-corrected chi connectivity index (χ2v) is 6.02. The van der Waals surface area contributed by atoms with Crippen LogP contribution < -0.4 is 25.1 Å². The van der Waals surface area contributed by atoms with Gasteiger partial charge in [0, 0.05) is 11.8 Å². The number of hydrogen-bond donors (Lipinski definition) is 1. The Morgan fingerprint density at radius 1 is 1.10 bits per heavy atom. The van der Waals surface area contributed by atoms with Gasteiger partial charge in [0.05, 0.1) is 31.4 Å². The standard InChI is InChI=1S/C19H16F3N3O5/c1-28-15-7-13-14(8-16(15)29-2)23-10-25(18(13)27)9-17(26)24-11-3-5-12(6-4-11)30-19(20,21)22/h3-8,10H,9H2,1-2H3,(H,24,26). The highest BCUT2D eigenvalue weighted by molar-refractivity contribution is 5.91. The Hall–Kier alpha value is -3.76. The number of carbonyl (C=O) groups is 1. The number of halogens is 3. The van der Waals surface area contributed by atoms with Crippen molar-refractivity contribution in [3.8, 4) is 17.2 Å². The zero-order valence-corrected chi connectivity index (χ0v) is 15.8. The van der Waals surface area contributed by atoms with Gasteiger partial charge in [0.2, 0.25) is 5.91 Å². The van der Waals surface area contributed by atoms with Crippen molar-refractivity contribution in [3.63, 3.8) is 0 Å². The monoisotopic (exact) mass is 423 g/mol. The number of carbonyl (C=O) groups excluding carboxylic acids is 1. The van der Waals surface area contributed by atoms with E-state index in [2.05, 4.69) is 15.0 Å². The predicted molar refractivity (Wildman–Crippen MR) is 101 cm³/mol. The number of amides is 1. The normalized spacial score (nSPS) is 11.2. The maximum atomic E-state index is 12.7. The fourth-order valence-electron chi connectivity index (χ4n) is 2.69. The largest absolute Gasteiger partial charge is 0.573 e. The van der Waals surface area contributed by atoms with Crippen molar-refractivity contribution < 1.29 is 32.2 Å². The molecule has 8 nitrogen and oxygen atoms in total. The Morgan fingerprint density at radius 2 is 1.73 bits per heavy atom. The summed E-state index contributed by atoms with van der Waals surface area (Å²) in [7, 11) is 2.88. The van der Waals surface area contributed by atoms with Crippen LogP contribution in [-0.4, -0.2) is 36.0 Å². The molecule has 0 spiro atoms. The maximum Gasteiger partial charge on any atom is 0.573 e. The number of rotatable bonds is 6. The number of ether oxygens (including phenoxy) is 3. The molecule has 3 aromatic rings. The van der Waals surface area contributed by atoms with Gasteiger partial charge in [-0.2, -0.15) is 0 Å². The van der Waals surface area contributed by atoms with Gasteiger partial charge in [-0.1, -0.05) is 0 Å². The number of fused-ring (bicyclic) bond motifs is 1. The molecule has 158 valence electrons. The fraction of sp³-hybridized carbons (Fsp3) is 0.211. The van der Waals surface area contributed by atoms with Crippen molar-refractivity contribution in [2.45, 2.75) is 12.9 Å². The minimum atomic E-state index is -4.80. The van der Waals surface area contributed by atoms with Crippen molar-refractivity contribution in [3.05, 3.63) is 53.1 Å². The van der Waals surface area contributed by atoms with Crippen LogP contribution in [0.5, 0.6) is 17.2 Å². The molecule has 0 atom stereocenters. The minimum Gasteiger partial charge on any atom is -0.493 e. The van der Waals surface area contributed by atoms with Gasteiger partial charge in [0.15, 0.2) is 11.5 Å². The van der Waals surface area contributed by atoms with Crippen LogP contribution in [0.15, 0.2) is 47.5 Å². The highest BCUT2D eigenvalue weighted by Gasteiger charge is 2.30. The molecule has 0 aliphatic rings. The van der Waals surface area contributed by atoms with Crippen LogP contribution >= 0.6 is 0 Å². The molecule has 11 heteroatoms. The Morgan fingerprint density at radius 3 is 2.33 bits per heavy atom. The maximum absolute atomic E-state index is 12.7. The number of nitrogens with one attached hydrogen (secondary N) is 1. The molecule has 2 aromatic carbocycles. The lowest BCUT2D eigenvalue weighted by molar-refractivity contribution is -0.274. The number of aromatic nitrogens is 2. The molecule has 30 heavy (non-hydrogen) atoms. The summed E-state index contributed by atoms with van der Waals surface area (Å²) in [5.74, 6) is -0.236. The summed E-state index contributed by atoms with van der Waals surface area (Å²) >= 11 is 0. The molecule has 1 N–H and O–H groups in total. The third kappa shape index (κ3) is 4.80. The highest BCUT2D eigenvalue weighted by atomic mass is 19.4. The van der Waals surface area contributed by atoms with Crippen LogP contribution in [0, 0.1) is 0 Å². The summed E-state index contributed by atoms with van der Waals surface area (Å²) in [6, 6.07) is 7.63. The molecule has 3 rings (SSSR count). The molecule has 0 radical (unpaired) electrons. The second kappa shape index (κ2) is 8.31. The van der Waals surface area contributed by atoms with Gasteiger partial charge < -0.3 is 19.5 Å². The topological polar surface area (TPSA) is 91.7 Å². The molecule has 0 unspecified atom stereocenters. The third-order valence-corrected chi connectivity index (χ3v) is 4.01. The molecule has 1 heterocycles. The first-order valence-electron chi connectivity index (χ1n) is 8.47. The fourth-order valence-corrected chi connectivity index (χ4v) is 2.69. The van der Waals surface area contributed by atoms with Gasteiger partial charge in [-0.25, -0.2) is 4.98 Å². The lowest BCUT2D eigenvalue weighted by Gasteiger charge is -2.11. The molecular formula is C19H16F3N3O5. The quantitative estimate of drug-likeness (QED) is 0.656. The van der Waals surface area contributed by atoms with Crippen molar-refractivity contribution in [1.82, 2.24) is 9.55 Å². The van der Waals surface area contributed by atoms with E-state index in [-0.39, 0.29) is 17.6 Å². The van der Waals surface area contributed by atoms with Gasteiger partial charge in [0.25, 0.3) is 5.56 Å². The van der Waals surface area contributed by atoms with Crippen molar-refractivity contribution in [2.75, 3.05) is 19.5 Å². The van der Waals surface area contributed by atoms with Crippen LogP contribution in [0.2, 0.25) is 0 Å². The first-order valence-corrected chi connectivity index (χ1v) is 8.47. The van der Waals surface area contributed by atoms with Crippen LogP contribution in [-0.2, 0) is 11.3 Å². The lowest BCUT2D eigenvalue weighted by Crippen LogP contribution is -2.28. The average Bonchev–Trinajstić information content (AvgIpc) is 2.69. The molecule has 0 saturated carbocycles. The summed E-state index contributed by atoms with van der Waals surface area (Å²) < 4.78 is 51.8. The van der Waals surface area contributed by atoms with E-state index in [4.69, 9.17) is 9.47 Å². The smallest absolute Gasteiger partial charge is 0.493 e. The van der Waals surface area contributed by atoms with E-state index in [0.29, 0.717) is 17.0 Å². The summed E-state index contributed by atoms with van der Waals surface area (Å²) in [6.07, 6.45) is -3.59. The first kappa shape index (κ1) is 21.0. The van der Waals surface area contributed by atoms with Crippen molar-refractivity contribution in [1.29, 1.82) is 0 Å². The molecule has 0 aliphatic heterocycles. The van der Waals surface area contributed by atoms with Gasteiger partial charge in [-0.05, 0) is 30.3 Å². The number of anilines is 1. The predicted octanol–water partition coefficient (Wildman–Crippen LogP) is 2.95. The van der Waals surface area contributed by atoms with E-state index in [1.54, 1.807) is 6.07 Å². The highest BCUT2D eigenvalue weighted by Crippen LogP contribution is 2.29. The molecular weight excluding hydrogens is 407 g/mol. The van der Waals surface area contributed by atoms with E-state index in [1.807, 2.05) is 0 Å². The van der Waals surface area contributed by atoms with Crippen LogP contribution in [0.25, 0.3) is 10.9 Å². The van der Waals surface area contributed by atoms with Gasteiger partial charge in [-0.15, -0.1) is 13.2 Å².